The zero-order valence-electron chi connectivity index (χ0n) is 16.7. The molecule has 1 fully saturated rings. The molecule has 1 aliphatic rings. The van der Waals surface area contributed by atoms with E-state index < -0.39 is 21.8 Å². The topological polar surface area (TPSA) is 105 Å². The Morgan fingerprint density at radius 3 is 2.97 bits per heavy atom. The lowest BCUT2D eigenvalue weighted by Crippen LogP contribution is -2.43. The molecule has 4 rings (SSSR count). The second-order valence-electron chi connectivity index (χ2n) is 7.22. The normalized spacial score (nSPS) is 17.5. The maximum absolute atomic E-state index is 13.4. The molecular formula is C20H21FN4O4S2. The molecule has 1 atom stereocenters. The van der Waals surface area contributed by atoms with Crippen molar-refractivity contribution in [2.24, 2.45) is 5.92 Å². The molecule has 0 bridgehead atoms. The first kappa shape index (κ1) is 21.6. The number of piperidine rings is 1. The molecule has 0 spiro atoms. The van der Waals surface area contributed by atoms with Crippen molar-refractivity contribution in [3.05, 3.63) is 47.4 Å². The minimum atomic E-state index is -3.77. The third kappa shape index (κ3) is 4.68. The molecule has 31 heavy (non-hydrogen) atoms. The first-order valence-corrected chi connectivity index (χ1v) is 12.2. The SMILES string of the molecule is CCc1nc(-c2csc(S(=O)(=O)N3CCC[C@@H](C(=O)Nc4cccc(F)c4)C3)c2)no1. The molecule has 8 nitrogen and oxygen atoms in total. The summed E-state index contributed by atoms with van der Waals surface area (Å²) in [6.45, 7) is 2.29. The van der Waals surface area contributed by atoms with Gasteiger partial charge in [0.05, 0.1) is 5.92 Å². The summed E-state index contributed by atoms with van der Waals surface area (Å²) in [6, 6.07) is 7.14. The van der Waals surface area contributed by atoms with Gasteiger partial charge in [-0.25, -0.2) is 12.8 Å². The highest BCUT2D eigenvalue weighted by Crippen LogP contribution is 2.31. The van der Waals surface area contributed by atoms with E-state index in [-0.39, 0.29) is 16.7 Å². The number of nitrogens with zero attached hydrogens (tertiary/aromatic N) is 3. The number of benzene rings is 1. The number of thiophene rings is 1. The van der Waals surface area contributed by atoms with Crippen molar-refractivity contribution in [2.45, 2.75) is 30.4 Å². The number of halogens is 1. The number of hydrogen-bond donors (Lipinski definition) is 1. The minimum absolute atomic E-state index is 0.0684. The molecule has 164 valence electrons. The molecule has 0 saturated carbocycles. The van der Waals surface area contributed by atoms with E-state index in [1.807, 2.05) is 6.92 Å². The predicted octanol–water partition coefficient (Wildman–Crippen LogP) is 3.54. The van der Waals surface area contributed by atoms with Crippen molar-refractivity contribution in [1.29, 1.82) is 0 Å². The van der Waals surface area contributed by atoms with Crippen LogP contribution < -0.4 is 5.32 Å². The van der Waals surface area contributed by atoms with E-state index in [0.717, 1.165) is 11.3 Å². The van der Waals surface area contributed by atoms with Crippen LogP contribution in [-0.4, -0.2) is 41.9 Å². The summed E-state index contributed by atoms with van der Waals surface area (Å²) in [5.41, 5.74) is 0.920. The van der Waals surface area contributed by atoms with Crippen molar-refractivity contribution in [3.63, 3.8) is 0 Å². The lowest BCUT2D eigenvalue weighted by molar-refractivity contribution is -0.120. The molecule has 0 unspecified atom stereocenters. The van der Waals surface area contributed by atoms with Crippen LogP contribution in [-0.2, 0) is 21.2 Å². The Bertz CT molecular complexity index is 1190. The van der Waals surface area contributed by atoms with Crippen LogP contribution in [0, 0.1) is 11.7 Å². The molecule has 1 aromatic carbocycles. The first-order chi connectivity index (χ1) is 14.9. The largest absolute Gasteiger partial charge is 0.339 e. The van der Waals surface area contributed by atoms with Gasteiger partial charge in [-0.3, -0.25) is 4.79 Å². The Labute approximate surface area is 183 Å². The van der Waals surface area contributed by atoms with E-state index in [4.69, 9.17) is 4.52 Å². The van der Waals surface area contributed by atoms with E-state index in [9.17, 15) is 17.6 Å². The molecule has 3 heterocycles. The van der Waals surface area contributed by atoms with E-state index in [0.29, 0.717) is 48.8 Å². The molecule has 1 aliphatic heterocycles. The second kappa shape index (κ2) is 8.85. The summed E-state index contributed by atoms with van der Waals surface area (Å²) in [4.78, 5) is 16.9. The van der Waals surface area contributed by atoms with Gasteiger partial charge in [0.1, 0.15) is 10.0 Å². The second-order valence-corrected chi connectivity index (χ2v) is 10.3. The van der Waals surface area contributed by atoms with Gasteiger partial charge in [-0.15, -0.1) is 11.3 Å². The van der Waals surface area contributed by atoms with Crippen molar-refractivity contribution < 1.29 is 22.1 Å². The van der Waals surface area contributed by atoms with Gasteiger partial charge in [0.2, 0.25) is 17.6 Å². The van der Waals surface area contributed by atoms with Crippen LogP contribution >= 0.6 is 11.3 Å². The Balaban J connectivity index is 1.47. The Hall–Kier alpha value is -2.63. The van der Waals surface area contributed by atoms with Crippen LogP contribution in [0.5, 0.6) is 0 Å². The summed E-state index contributed by atoms with van der Waals surface area (Å²) in [5, 5.41) is 8.23. The van der Waals surface area contributed by atoms with Gasteiger partial charge >= 0.3 is 0 Å². The quantitative estimate of drug-likeness (QED) is 0.598. The van der Waals surface area contributed by atoms with Gasteiger partial charge in [0, 0.05) is 36.1 Å². The maximum atomic E-state index is 13.4. The van der Waals surface area contributed by atoms with Crippen molar-refractivity contribution in [3.8, 4) is 11.4 Å². The third-order valence-electron chi connectivity index (χ3n) is 5.05. The zero-order chi connectivity index (χ0) is 22.0. The van der Waals surface area contributed by atoms with Gasteiger partial charge in [-0.1, -0.05) is 18.1 Å². The fourth-order valence-electron chi connectivity index (χ4n) is 3.40. The Morgan fingerprint density at radius 1 is 1.39 bits per heavy atom. The first-order valence-electron chi connectivity index (χ1n) is 9.85. The number of carbonyl (C=O) groups is 1. The molecule has 3 aromatic rings. The fraction of sp³-hybridized carbons (Fsp3) is 0.350. The molecule has 1 N–H and O–H groups in total. The Kier molecular flexibility index (Phi) is 6.17. The van der Waals surface area contributed by atoms with E-state index in [1.54, 1.807) is 11.4 Å². The highest BCUT2D eigenvalue weighted by Gasteiger charge is 2.34. The molecule has 11 heteroatoms. The number of rotatable bonds is 6. The van der Waals surface area contributed by atoms with Crippen LogP contribution in [0.2, 0.25) is 0 Å². The number of aryl methyl sites for hydroxylation is 1. The summed E-state index contributed by atoms with van der Waals surface area (Å²) in [6.07, 6.45) is 1.71. The smallest absolute Gasteiger partial charge is 0.252 e. The predicted molar refractivity (Wildman–Crippen MR) is 114 cm³/mol. The maximum Gasteiger partial charge on any atom is 0.252 e. The minimum Gasteiger partial charge on any atom is -0.339 e. The highest BCUT2D eigenvalue weighted by atomic mass is 32.2. The van der Waals surface area contributed by atoms with Crippen LogP contribution in [0.1, 0.15) is 25.7 Å². The van der Waals surface area contributed by atoms with Gasteiger partial charge < -0.3 is 9.84 Å². The molecule has 1 amide bonds. The van der Waals surface area contributed by atoms with Gasteiger partial charge in [0.15, 0.2) is 0 Å². The third-order valence-corrected chi connectivity index (χ3v) is 8.33. The Morgan fingerprint density at radius 2 is 2.23 bits per heavy atom. The van der Waals surface area contributed by atoms with E-state index in [1.165, 1.54) is 28.6 Å². The van der Waals surface area contributed by atoms with Gasteiger partial charge in [-0.2, -0.15) is 9.29 Å². The van der Waals surface area contributed by atoms with E-state index in [2.05, 4.69) is 15.5 Å². The monoisotopic (exact) mass is 464 g/mol. The lowest BCUT2D eigenvalue weighted by Gasteiger charge is -2.30. The molecule has 1 saturated heterocycles. The summed E-state index contributed by atoms with van der Waals surface area (Å²) < 4.78 is 46.3. The average molecular weight is 465 g/mol. The highest BCUT2D eigenvalue weighted by molar-refractivity contribution is 7.91. The number of anilines is 1. The van der Waals surface area contributed by atoms with Crippen LogP contribution in [0.4, 0.5) is 10.1 Å². The van der Waals surface area contributed by atoms with Crippen LogP contribution in [0.25, 0.3) is 11.4 Å². The number of carbonyl (C=O) groups excluding carboxylic acids is 1. The van der Waals surface area contributed by atoms with Crippen LogP contribution in [0.15, 0.2) is 44.4 Å². The summed E-state index contributed by atoms with van der Waals surface area (Å²) >= 11 is 1.08. The standard InChI is InChI=1S/C20H21FN4O4S2/c1-2-17-23-19(24-29-17)14-9-18(30-12-14)31(27,28)25-8-4-5-13(11-25)20(26)22-16-7-3-6-15(21)10-16/h3,6-7,9-10,12-13H,2,4-5,8,11H2,1H3,(H,22,26)/t13-/m1/s1. The summed E-state index contributed by atoms with van der Waals surface area (Å²) in [7, 11) is -3.77. The van der Waals surface area contributed by atoms with Crippen LogP contribution in [0.3, 0.4) is 0 Å². The van der Waals surface area contributed by atoms with Crippen molar-refractivity contribution in [2.75, 3.05) is 18.4 Å². The fourth-order valence-corrected chi connectivity index (χ4v) is 6.23. The lowest BCUT2D eigenvalue weighted by atomic mass is 9.99. The van der Waals surface area contributed by atoms with Crippen molar-refractivity contribution in [1.82, 2.24) is 14.4 Å². The number of amides is 1. The number of hydrogen-bond acceptors (Lipinski definition) is 7. The summed E-state index contributed by atoms with van der Waals surface area (Å²) in [5.74, 6) is -0.465. The number of sulfonamides is 1. The molecule has 0 aliphatic carbocycles. The number of aromatic nitrogens is 2. The van der Waals surface area contributed by atoms with Crippen molar-refractivity contribution >= 4 is 33.0 Å². The van der Waals surface area contributed by atoms with Gasteiger partial charge in [0.25, 0.3) is 10.0 Å². The number of nitrogens with one attached hydrogen (secondary N) is 1. The average Bonchev–Trinajstić information content (AvgIpc) is 3.43. The zero-order valence-corrected chi connectivity index (χ0v) is 18.4. The molecular weight excluding hydrogens is 443 g/mol. The molecule has 2 aromatic heterocycles. The van der Waals surface area contributed by atoms with Gasteiger partial charge in [-0.05, 0) is 37.1 Å². The van der Waals surface area contributed by atoms with E-state index >= 15 is 0 Å². The molecule has 0 radical (unpaired) electrons.